The number of amides is 1. The molecule has 0 saturated carbocycles. The number of anilines is 2. The largest absolute Gasteiger partial charge is 0.489 e. The number of fused-ring (bicyclic) bond motifs is 1. The number of benzene rings is 2. The summed E-state index contributed by atoms with van der Waals surface area (Å²) in [7, 11) is 0. The van der Waals surface area contributed by atoms with Gasteiger partial charge in [-0.3, -0.25) is 9.69 Å². The summed E-state index contributed by atoms with van der Waals surface area (Å²) in [6.45, 7) is 3.47. The average molecular weight is 494 g/mol. The standard InChI is InChI=1S/C23H22F3N3O4S/c1-22(2)20(31)28(14-4-3-13(11-27)17(9-14)23(24,25)26)21(34)29(22)15-5-6-18-19(10-15)32-8-7-16(12-30)33-18/h3-6,9-10,16,21,30,34H,7-8,12H2,1-2H3. The van der Waals surface area contributed by atoms with Gasteiger partial charge < -0.3 is 19.5 Å². The molecule has 0 bridgehead atoms. The number of halogens is 3. The van der Waals surface area contributed by atoms with E-state index >= 15 is 0 Å². The predicted octanol–water partition coefficient (Wildman–Crippen LogP) is 3.94. The summed E-state index contributed by atoms with van der Waals surface area (Å²) in [4.78, 5) is 16.2. The summed E-state index contributed by atoms with van der Waals surface area (Å²) in [6, 6.07) is 9.72. The van der Waals surface area contributed by atoms with Gasteiger partial charge in [0.25, 0.3) is 5.91 Å². The van der Waals surface area contributed by atoms with Crippen LogP contribution in [0.2, 0.25) is 0 Å². The van der Waals surface area contributed by atoms with Crippen molar-refractivity contribution in [3.05, 3.63) is 47.5 Å². The summed E-state index contributed by atoms with van der Waals surface area (Å²) >= 11 is 4.59. The van der Waals surface area contributed by atoms with Gasteiger partial charge in [0.2, 0.25) is 0 Å². The van der Waals surface area contributed by atoms with Crippen LogP contribution in [0.3, 0.4) is 0 Å². The van der Waals surface area contributed by atoms with Gasteiger partial charge in [0.1, 0.15) is 11.6 Å². The number of hydrogen-bond donors (Lipinski definition) is 2. The Hall–Kier alpha value is -3.10. The van der Waals surface area contributed by atoms with E-state index in [1.54, 1.807) is 43.0 Å². The van der Waals surface area contributed by atoms with Crippen LogP contribution in [0.5, 0.6) is 11.5 Å². The lowest BCUT2D eigenvalue weighted by atomic mass is 10.0. The molecule has 0 aromatic heterocycles. The van der Waals surface area contributed by atoms with Gasteiger partial charge in [0.05, 0.1) is 30.4 Å². The Labute approximate surface area is 199 Å². The van der Waals surface area contributed by atoms with Gasteiger partial charge in [0, 0.05) is 23.9 Å². The summed E-state index contributed by atoms with van der Waals surface area (Å²) in [5, 5.41) is 18.5. The molecule has 11 heteroatoms. The maximum Gasteiger partial charge on any atom is 0.417 e. The average Bonchev–Trinajstić information content (AvgIpc) is 2.92. The van der Waals surface area contributed by atoms with E-state index in [4.69, 9.17) is 14.7 Å². The first-order chi connectivity index (χ1) is 16.0. The number of alkyl halides is 3. The van der Waals surface area contributed by atoms with E-state index < -0.39 is 40.4 Å². The third-order valence-corrected chi connectivity index (χ3v) is 6.38. The fraction of sp³-hybridized carbons (Fsp3) is 0.391. The molecule has 0 spiro atoms. The molecule has 2 aromatic carbocycles. The molecule has 1 amide bonds. The van der Waals surface area contributed by atoms with E-state index in [1.807, 2.05) is 0 Å². The molecule has 1 saturated heterocycles. The van der Waals surface area contributed by atoms with Crippen LogP contribution < -0.4 is 19.3 Å². The van der Waals surface area contributed by atoms with Crippen LogP contribution in [-0.4, -0.2) is 41.4 Å². The van der Waals surface area contributed by atoms with Crippen LogP contribution in [0.4, 0.5) is 24.5 Å². The highest BCUT2D eigenvalue weighted by Gasteiger charge is 2.52. The molecule has 34 heavy (non-hydrogen) atoms. The Balaban J connectivity index is 1.74. The number of carbonyl (C=O) groups is 1. The van der Waals surface area contributed by atoms with Gasteiger partial charge in [0.15, 0.2) is 17.0 Å². The number of carbonyl (C=O) groups excluding carboxylic acids is 1. The van der Waals surface area contributed by atoms with Crippen molar-refractivity contribution in [1.29, 1.82) is 5.26 Å². The molecule has 180 valence electrons. The number of nitrogens with zero attached hydrogens (tertiary/aromatic N) is 3. The highest BCUT2D eigenvalue weighted by atomic mass is 32.1. The van der Waals surface area contributed by atoms with E-state index in [0.717, 1.165) is 12.1 Å². The molecule has 2 aromatic rings. The molecule has 1 fully saturated rings. The van der Waals surface area contributed by atoms with Crippen molar-refractivity contribution in [2.75, 3.05) is 23.0 Å². The van der Waals surface area contributed by atoms with Crippen molar-refractivity contribution in [1.82, 2.24) is 0 Å². The third kappa shape index (κ3) is 4.01. The Morgan fingerprint density at radius 3 is 2.56 bits per heavy atom. The van der Waals surface area contributed by atoms with E-state index in [1.165, 1.54) is 11.0 Å². The number of ether oxygens (including phenoxy) is 2. The molecule has 2 heterocycles. The van der Waals surface area contributed by atoms with Gasteiger partial charge in [-0.25, -0.2) is 0 Å². The van der Waals surface area contributed by atoms with Crippen molar-refractivity contribution < 1.29 is 32.5 Å². The van der Waals surface area contributed by atoms with Gasteiger partial charge in [-0.15, -0.1) is 12.6 Å². The van der Waals surface area contributed by atoms with E-state index in [2.05, 4.69) is 12.6 Å². The molecule has 2 aliphatic rings. The van der Waals surface area contributed by atoms with E-state index in [0.29, 0.717) is 30.2 Å². The summed E-state index contributed by atoms with van der Waals surface area (Å²) in [5.41, 5.74) is -3.22. The topological polar surface area (TPSA) is 86.0 Å². The SMILES string of the molecule is CC1(C)C(=O)N(c2ccc(C#N)c(C(F)(F)F)c2)C(S)N1c1ccc2c(c1)OCCC(CO)O2. The first kappa shape index (κ1) is 24.0. The lowest BCUT2D eigenvalue weighted by Crippen LogP contribution is -2.44. The van der Waals surface area contributed by atoms with Crippen molar-refractivity contribution in [3.63, 3.8) is 0 Å². The molecule has 0 aliphatic carbocycles. The van der Waals surface area contributed by atoms with Gasteiger partial charge in [-0.1, -0.05) is 0 Å². The minimum Gasteiger partial charge on any atom is -0.489 e. The summed E-state index contributed by atoms with van der Waals surface area (Å²) in [6.07, 6.45) is -4.66. The van der Waals surface area contributed by atoms with Gasteiger partial charge in [-0.2, -0.15) is 18.4 Å². The maximum absolute atomic E-state index is 13.5. The van der Waals surface area contributed by atoms with Crippen LogP contribution in [0.25, 0.3) is 0 Å². The second kappa shape index (κ2) is 8.60. The number of thiol groups is 1. The normalized spacial score (nSPS) is 21.9. The van der Waals surface area contributed by atoms with Crippen LogP contribution in [-0.2, 0) is 11.0 Å². The zero-order valence-electron chi connectivity index (χ0n) is 18.3. The van der Waals surface area contributed by atoms with E-state index in [9.17, 15) is 23.1 Å². The van der Waals surface area contributed by atoms with Crippen LogP contribution in [0.1, 0.15) is 31.4 Å². The number of aliphatic hydroxyl groups is 1. The first-order valence-corrected chi connectivity index (χ1v) is 11.0. The van der Waals surface area contributed by atoms with Crippen molar-refractivity contribution in [2.45, 2.75) is 43.6 Å². The minimum absolute atomic E-state index is 0.0213. The summed E-state index contributed by atoms with van der Waals surface area (Å²) < 4.78 is 52.1. The third-order valence-electron chi connectivity index (χ3n) is 5.91. The molecule has 2 aliphatic heterocycles. The van der Waals surface area contributed by atoms with Gasteiger partial charge >= 0.3 is 6.18 Å². The Bertz CT molecular complexity index is 1170. The minimum atomic E-state index is -4.76. The van der Waals surface area contributed by atoms with Crippen LogP contribution in [0, 0.1) is 11.3 Å². The highest BCUT2D eigenvalue weighted by Crippen LogP contribution is 2.44. The summed E-state index contributed by atoms with van der Waals surface area (Å²) in [5.74, 6) is 0.407. The predicted molar refractivity (Wildman–Crippen MR) is 121 cm³/mol. The number of rotatable bonds is 3. The van der Waals surface area contributed by atoms with Crippen molar-refractivity contribution >= 4 is 29.9 Å². The Morgan fingerprint density at radius 1 is 1.21 bits per heavy atom. The molecule has 0 radical (unpaired) electrons. The van der Waals surface area contributed by atoms with Crippen molar-refractivity contribution in [3.8, 4) is 17.6 Å². The second-order valence-corrected chi connectivity index (χ2v) is 8.94. The smallest absolute Gasteiger partial charge is 0.417 e. The number of nitriles is 1. The number of aliphatic hydroxyl groups excluding tert-OH is 1. The molecule has 4 rings (SSSR count). The zero-order valence-corrected chi connectivity index (χ0v) is 19.2. The fourth-order valence-electron chi connectivity index (χ4n) is 4.15. The molecule has 1 N–H and O–H groups in total. The Morgan fingerprint density at radius 2 is 1.91 bits per heavy atom. The van der Waals surface area contributed by atoms with Crippen molar-refractivity contribution in [2.24, 2.45) is 0 Å². The molecule has 2 unspecified atom stereocenters. The molecule has 2 atom stereocenters. The van der Waals surface area contributed by atoms with Gasteiger partial charge in [-0.05, 0) is 44.2 Å². The first-order valence-electron chi connectivity index (χ1n) is 10.5. The molecular weight excluding hydrogens is 471 g/mol. The maximum atomic E-state index is 13.5. The molecule has 7 nitrogen and oxygen atoms in total. The monoisotopic (exact) mass is 493 g/mol. The quantitative estimate of drug-likeness (QED) is 0.630. The zero-order chi connectivity index (χ0) is 24.8. The fourth-order valence-corrected chi connectivity index (χ4v) is 4.81. The number of hydrogen-bond acceptors (Lipinski definition) is 7. The highest BCUT2D eigenvalue weighted by molar-refractivity contribution is 7.81. The Kier molecular flexibility index (Phi) is 6.08. The molecular formula is C23H22F3N3O4S. The van der Waals surface area contributed by atoms with Crippen LogP contribution >= 0.6 is 12.6 Å². The second-order valence-electron chi connectivity index (χ2n) is 8.48. The van der Waals surface area contributed by atoms with Crippen LogP contribution in [0.15, 0.2) is 36.4 Å². The lowest BCUT2D eigenvalue weighted by molar-refractivity contribution is -0.137. The van der Waals surface area contributed by atoms with E-state index in [-0.39, 0.29) is 12.3 Å². The lowest BCUT2D eigenvalue weighted by Gasteiger charge is -2.33.